The summed E-state index contributed by atoms with van der Waals surface area (Å²) < 4.78 is 11.1. The Balaban J connectivity index is 2.10. The molecule has 0 saturated carbocycles. The lowest BCUT2D eigenvalue weighted by Gasteiger charge is -2.10. The second-order valence-electron chi connectivity index (χ2n) is 5.71. The van der Waals surface area contributed by atoms with Crippen molar-refractivity contribution in [3.63, 3.8) is 0 Å². The summed E-state index contributed by atoms with van der Waals surface area (Å²) in [5.74, 6) is 1.21. The Morgan fingerprint density at radius 1 is 1.08 bits per heavy atom. The van der Waals surface area contributed by atoms with Gasteiger partial charge in [0.25, 0.3) is 0 Å². The van der Waals surface area contributed by atoms with E-state index in [2.05, 4.69) is 0 Å². The van der Waals surface area contributed by atoms with Gasteiger partial charge in [-0.3, -0.25) is 4.79 Å². The molecule has 0 fully saturated rings. The molecule has 0 radical (unpaired) electrons. The van der Waals surface area contributed by atoms with Crippen molar-refractivity contribution < 1.29 is 14.3 Å². The van der Waals surface area contributed by atoms with Crippen LogP contribution in [0.25, 0.3) is 6.08 Å². The van der Waals surface area contributed by atoms with Gasteiger partial charge in [-0.25, -0.2) is 0 Å². The van der Waals surface area contributed by atoms with Gasteiger partial charge in [0.05, 0.1) is 7.11 Å². The maximum absolute atomic E-state index is 12.2. The molecule has 0 heterocycles. The van der Waals surface area contributed by atoms with Gasteiger partial charge in [0.2, 0.25) is 0 Å². The Labute approximate surface area is 153 Å². The molecule has 25 heavy (non-hydrogen) atoms. The van der Waals surface area contributed by atoms with Crippen LogP contribution in [0, 0.1) is 0 Å². The van der Waals surface area contributed by atoms with E-state index in [0.717, 1.165) is 5.56 Å². The number of carbonyl (C=O) groups is 1. The van der Waals surface area contributed by atoms with Gasteiger partial charge in [-0.2, -0.15) is 0 Å². The summed E-state index contributed by atoms with van der Waals surface area (Å²) >= 11 is 5.83. The molecule has 0 aromatic heterocycles. The lowest BCUT2D eigenvalue weighted by molar-refractivity contribution is 0.104. The number of hydrogen-bond donors (Lipinski definition) is 0. The topological polar surface area (TPSA) is 35.5 Å². The van der Waals surface area contributed by atoms with E-state index >= 15 is 0 Å². The summed E-state index contributed by atoms with van der Waals surface area (Å²) in [7, 11) is 1.59. The van der Waals surface area contributed by atoms with Crippen LogP contribution in [0.15, 0.2) is 60.2 Å². The van der Waals surface area contributed by atoms with Crippen LogP contribution in [-0.2, 0) is 0 Å². The second-order valence-corrected chi connectivity index (χ2v) is 6.14. The SMILES string of the molecule is COc1cc(/C=C/C(=O)c2ccc(Cl)cc2)ccc1OCC=C(C)C. The predicted molar refractivity (Wildman–Crippen MR) is 103 cm³/mol. The number of halogens is 1. The number of carbonyl (C=O) groups excluding carboxylic acids is 1. The normalized spacial score (nSPS) is 10.6. The van der Waals surface area contributed by atoms with Crippen molar-refractivity contribution in [2.75, 3.05) is 13.7 Å². The first kappa shape index (κ1) is 18.8. The molecule has 130 valence electrons. The Bertz CT molecular complexity index is 785. The molecule has 0 aliphatic rings. The molecule has 3 nitrogen and oxygen atoms in total. The van der Waals surface area contributed by atoms with Gasteiger partial charge in [-0.1, -0.05) is 29.3 Å². The monoisotopic (exact) mass is 356 g/mol. The maximum Gasteiger partial charge on any atom is 0.185 e. The zero-order valence-electron chi connectivity index (χ0n) is 14.6. The number of benzene rings is 2. The number of methoxy groups -OCH3 is 1. The molecule has 0 saturated heterocycles. The van der Waals surface area contributed by atoms with Crippen LogP contribution in [0.4, 0.5) is 0 Å². The number of allylic oxidation sites excluding steroid dienone is 2. The number of ketones is 1. The minimum atomic E-state index is -0.0838. The largest absolute Gasteiger partial charge is 0.493 e. The zero-order valence-corrected chi connectivity index (χ0v) is 15.3. The van der Waals surface area contributed by atoms with E-state index in [4.69, 9.17) is 21.1 Å². The highest BCUT2D eigenvalue weighted by molar-refractivity contribution is 6.30. The Morgan fingerprint density at radius 2 is 1.80 bits per heavy atom. The van der Waals surface area contributed by atoms with E-state index in [-0.39, 0.29) is 5.78 Å². The number of hydrogen-bond acceptors (Lipinski definition) is 3. The van der Waals surface area contributed by atoms with E-state index in [1.54, 1.807) is 37.5 Å². The van der Waals surface area contributed by atoms with E-state index in [1.165, 1.54) is 11.6 Å². The van der Waals surface area contributed by atoms with Gasteiger partial charge in [-0.05, 0) is 68.0 Å². The van der Waals surface area contributed by atoms with Crippen molar-refractivity contribution in [2.45, 2.75) is 13.8 Å². The minimum absolute atomic E-state index is 0.0838. The van der Waals surface area contributed by atoms with Gasteiger partial charge < -0.3 is 9.47 Å². The summed E-state index contributed by atoms with van der Waals surface area (Å²) in [5, 5.41) is 0.606. The third kappa shape index (κ3) is 5.80. The van der Waals surface area contributed by atoms with Crippen molar-refractivity contribution in [3.8, 4) is 11.5 Å². The molecule has 0 aliphatic heterocycles. The summed E-state index contributed by atoms with van der Waals surface area (Å²) in [6, 6.07) is 12.4. The standard InChI is InChI=1S/C21H21ClO3/c1-15(2)12-13-25-20-11-5-16(14-21(20)24-3)4-10-19(23)17-6-8-18(22)9-7-17/h4-12,14H,13H2,1-3H3/b10-4+. The maximum atomic E-state index is 12.2. The third-order valence-corrected chi connectivity index (χ3v) is 3.73. The fraction of sp³-hybridized carbons (Fsp3) is 0.190. The van der Waals surface area contributed by atoms with Gasteiger partial charge >= 0.3 is 0 Å². The second kappa shape index (κ2) is 9.09. The predicted octanol–water partition coefficient (Wildman–Crippen LogP) is 5.59. The van der Waals surface area contributed by atoms with Crippen LogP contribution in [-0.4, -0.2) is 19.5 Å². The minimum Gasteiger partial charge on any atom is -0.493 e. The van der Waals surface area contributed by atoms with Crippen LogP contribution in [0.2, 0.25) is 5.02 Å². The molecule has 2 aromatic rings. The van der Waals surface area contributed by atoms with Crippen LogP contribution in [0.5, 0.6) is 11.5 Å². The quantitative estimate of drug-likeness (QED) is 0.368. The van der Waals surface area contributed by atoms with E-state index < -0.39 is 0 Å². The molecule has 0 unspecified atom stereocenters. The first-order valence-electron chi connectivity index (χ1n) is 7.92. The molecule has 2 aromatic carbocycles. The van der Waals surface area contributed by atoms with Crippen LogP contribution in [0.3, 0.4) is 0 Å². The first-order valence-corrected chi connectivity index (χ1v) is 8.29. The highest BCUT2D eigenvalue weighted by Crippen LogP contribution is 2.28. The molecule has 0 atom stereocenters. The smallest absolute Gasteiger partial charge is 0.185 e. The lowest BCUT2D eigenvalue weighted by atomic mass is 10.1. The molecule has 0 spiro atoms. The highest BCUT2D eigenvalue weighted by atomic mass is 35.5. The summed E-state index contributed by atoms with van der Waals surface area (Å²) in [4.78, 5) is 12.2. The van der Waals surface area contributed by atoms with Crippen LogP contribution < -0.4 is 9.47 Å². The lowest BCUT2D eigenvalue weighted by Crippen LogP contribution is -1.97. The van der Waals surface area contributed by atoms with Crippen molar-refractivity contribution in [1.29, 1.82) is 0 Å². The highest BCUT2D eigenvalue weighted by Gasteiger charge is 2.05. The van der Waals surface area contributed by atoms with Gasteiger partial charge in [0, 0.05) is 10.6 Å². The zero-order chi connectivity index (χ0) is 18.2. The molecule has 0 aliphatic carbocycles. The molecule has 4 heteroatoms. The average molecular weight is 357 g/mol. The van der Waals surface area contributed by atoms with Crippen LogP contribution in [0.1, 0.15) is 29.8 Å². The molecule has 0 N–H and O–H groups in total. The van der Waals surface area contributed by atoms with Gasteiger partial charge in [0.1, 0.15) is 6.61 Å². The number of rotatable bonds is 7. The van der Waals surface area contributed by atoms with E-state index in [9.17, 15) is 4.79 Å². The molecular weight excluding hydrogens is 336 g/mol. The average Bonchev–Trinajstić information content (AvgIpc) is 2.60. The molecule has 0 amide bonds. The summed E-state index contributed by atoms with van der Waals surface area (Å²) in [6.07, 6.45) is 5.28. The van der Waals surface area contributed by atoms with Crippen molar-refractivity contribution >= 4 is 23.5 Å². The van der Waals surface area contributed by atoms with Crippen molar-refractivity contribution in [3.05, 3.63) is 76.3 Å². The van der Waals surface area contributed by atoms with Crippen molar-refractivity contribution in [2.24, 2.45) is 0 Å². The van der Waals surface area contributed by atoms with E-state index in [1.807, 2.05) is 38.1 Å². The summed E-state index contributed by atoms with van der Waals surface area (Å²) in [6.45, 7) is 4.53. The Kier molecular flexibility index (Phi) is 6.84. The van der Waals surface area contributed by atoms with Crippen LogP contribution >= 0.6 is 11.6 Å². The third-order valence-electron chi connectivity index (χ3n) is 3.47. The molecule has 2 rings (SSSR count). The van der Waals surface area contributed by atoms with Gasteiger partial charge in [-0.15, -0.1) is 0 Å². The fourth-order valence-corrected chi connectivity index (χ4v) is 2.21. The van der Waals surface area contributed by atoms with E-state index in [0.29, 0.717) is 28.7 Å². The Hall–Kier alpha value is -2.52. The van der Waals surface area contributed by atoms with Gasteiger partial charge in [0.15, 0.2) is 17.3 Å². The molecular formula is C21H21ClO3. The molecule has 0 bridgehead atoms. The summed E-state index contributed by atoms with van der Waals surface area (Å²) in [5.41, 5.74) is 2.64. The fourth-order valence-electron chi connectivity index (χ4n) is 2.09. The first-order chi connectivity index (χ1) is 12.0. The van der Waals surface area contributed by atoms with Crippen molar-refractivity contribution in [1.82, 2.24) is 0 Å². The Morgan fingerprint density at radius 3 is 2.44 bits per heavy atom. The number of ether oxygens (including phenoxy) is 2.